The first-order valence-electron chi connectivity index (χ1n) is 6.52. The lowest BCUT2D eigenvalue weighted by Crippen LogP contribution is -2.30. The number of rotatable bonds is 6. The number of thiazole rings is 1. The first-order valence-corrected chi connectivity index (χ1v) is 8.21. The van der Waals surface area contributed by atoms with Gasteiger partial charge in [-0.15, -0.1) is 22.7 Å². The summed E-state index contributed by atoms with van der Waals surface area (Å²) < 4.78 is 5.07. The van der Waals surface area contributed by atoms with Gasteiger partial charge in [0.15, 0.2) is 0 Å². The Kier molecular flexibility index (Phi) is 5.46. The van der Waals surface area contributed by atoms with Crippen molar-refractivity contribution in [3.8, 4) is 0 Å². The van der Waals surface area contributed by atoms with E-state index in [1.54, 1.807) is 17.4 Å². The number of nitrogens with one attached hydrogen (secondary N) is 1. The number of nitrogens with zero attached hydrogens (tertiary/aromatic N) is 1. The van der Waals surface area contributed by atoms with Crippen molar-refractivity contribution in [3.63, 3.8) is 0 Å². The van der Waals surface area contributed by atoms with Crippen molar-refractivity contribution in [1.82, 2.24) is 10.3 Å². The fourth-order valence-corrected chi connectivity index (χ4v) is 3.09. The minimum absolute atomic E-state index is 0.138. The van der Waals surface area contributed by atoms with Gasteiger partial charge in [-0.2, -0.15) is 0 Å². The van der Waals surface area contributed by atoms with E-state index in [0.29, 0.717) is 4.88 Å². The Morgan fingerprint density at radius 3 is 2.81 bits per heavy atom. The van der Waals surface area contributed by atoms with Gasteiger partial charge < -0.3 is 10.1 Å². The van der Waals surface area contributed by atoms with Crippen molar-refractivity contribution in [2.45, 2.75) is 26.9 Å². The van der Waals surface area contributed by atoms with Crippen LogP contribution >= 0.6 is 22.7 Å². The molecule has 0 bridgehead atoms. The van der Waals surface area contributed by atoms with Gasteiger partial charge in [-0.1, -0.05) is 6.92 Å². The second kappa shape index (κ2) is 7.33. The lowest BCUT2D eigenvalue weighted by Gasteiger charge is -2.04. The Balaban J connectivity index is 1.73. The molecule has 0 atom stereocenters. The van der Waals surface area contributed by atoms with Crippen molar-refractivity contribution in [2.24, 2.45) is 0 Å². The predicted molar refractivity (Wildman–Crippen MR) is 82.7 cm³/mol. The quantitative estimate of drug-likeness (QED) is 0.829. The van der Waals surface area contributed by atoms with Crippen molar-refractivity contribution in [3.05, 3.63) is 38.0 Å². The third-order valence-electron chi connectivity index (χ3n) is 2.64. The molecular formula is C14H16N2O3S2. The molecule has 2 aromatic rings. The highest BCUT2D eigenvalue weighted by atomic mass is 32.1. The Morgan fingerprint density at radius 2 is 2.19 bits per heavy atom. The molecule has 5 nitrogen and oxygen atoms in total. The summed E-state index contributed by atoms with van der Waals surface area (Å²) in [6.07, 6.45) is 0.870. The number of thiophene rings is 1. The van der Waals surface area contributed by atoms with Gasteiger partial charge in [0, 0.05) is 10.3 Å². The van der Waals surface area contributed by atoms with E-state index in [1.807, 2.05) is 25.3 Å². The highest BCUT2D eigenvalue weighted by molar-refractivity contribution is 7.13. The van der Waals surface area contributed by atoms with Crippen LogP contribution in [-0.2, 0) is 22.6 Å². The molecule has 2 heterocycles. The fourth-order valence-electron chi connectivity index (χ4n) is 1.58. The minimum atomic E-state index is -0.470. The van der Waals surface area contributed by atoms with E-state index in [0.717, 1.165) is 22.0 Å². The minimum Gasteiger partial charge on any atom is -0.458 e. The zero-order valence-corrected chi connectivity index (χ0v) is 13.5. The molecule has 2 rings (SSSR count). The topological polar surface area (TPSA) is 68.3 Å². The summed E-state index contributed by atoms with van der Waals surface area (Å²) in [6, 6.07) is 3.60. The van der Waals surface area contributed by atoms with E-state index in [1.165, 1.54) is 11.3 Å². The van der Waals surface area contributed by atoms with E-state index < -0.39 is 5.97 Å². The third kappa shape index (κ3) is 4.64. The molecule has 0 aliphatic carbocycles. The maximum Gasteiger partial charge on any atom is 0.325 e. The third-order valence-corrected chi connectivity index (χ3v) is 4.68. The summed E-state index contributed by atoms with van der Waals surface area (Å²) >= 11 is 2.94. The highest BCUT2D eigenvalue weighted by Crippen LogP contribution is 2.14. The number of amides is 1. The summed E-state index contributed by atoms with van der Waals surface area (Å²) in [6.45, 7) is 3.95. The van der Waals surface area contributed by atoms with Crippen LogP contribution in [0.1, 0.15) is 32.2 Å². The van der Waals surface area contributed by atoms with Crippen molar-refractivity contribution < 1.29 is 14.3 Å². The zero-order valence-electron chi connectivity index (χ0n) is 11.8. The number of esters is 1. The van der Waals surface area contributed by atoms with Crippen LogP contribution in [0, 0.1) is 6.92 Å². The standard InChI is InChI=1S/C14H16N2O3S2/c1-3-12-16-10(8-20-12)7-19-13(17)6-15-14(18)11-5-4-9(2)21-11/h4-5,8H,3,6-7H2,1-2H3,(H,15,18). The van der Waals surface area contributed by atoms with Crippen LogP contribution in [0.25, 0.3) is 0 Å². The smallest absolute Gasteiger partial charge is 0.325 e. The molecule has 0 aliphatic rings. The van der Waals surface area contributed by atoms with Gasteiger partial charge >= 0.3 is 5.97 Å². The molecule has 112 valence electrons. The summed E-state index contributed by atoms with van der Waals surface area (Å²) in [5.41, 5.74) is 0.741. The van der Waals surface area contributed by atoms with Crippen LogP contribution in [0.3, 0.4) is 0 Å². The van der Waals surface area contributed by atoms with Gasteiger partial charge in [0.05, 0.1) is 15.6 Å². The number of aromatic nitrogens is 1. The van der Waals surface area contributed by atoms with Gasteiger partial charge in [0.2, 0.25) is 0 Å². The van der Waals surface area contributed by atoms with Crippen LogP contribution in [0.15, 0.2) is 17.5 Å². The molecular weight excluding hydrogens is 308 g/mol. The van der Waals surface area contributed by atoms with E-state index in [-0.39, 0.29) is 19.1 Å². The normalized spacial score (nSPS) is 10.4. The van der Waals surface area contributed by atoms with Crippen molar-refractivity contribution >= 4 is 34.6 Å². The molecule has 0 saturated heterocycles. The molecule has 21 heavy (non-hydrogen) atoms. The number of carbonyl (C=O) groups excluding carboxylic acids is 2. The number of ether oxygens (including phenoxy) is 1. The van der Waals surface area contributed by atoms with Crippen LogP contribution in [0.4, 0.5) is 0 Å². The van der Waals surface area contributed by atoms with E-state index in [2.05, 4.69) is 10.3 Å². The first kappa shape index (κ1) is 15.7. The Bertz CT molecular complexity index is 634. The average Bonchev–Trinajstić information content (AvgIpc) is 3.11. The number of hydrogen-bond acceptors (Lipinski definition) is 6. The van der Waals surface area contributed by atoms with E-state index in [9.17, 15) is 9.59 Å². The molecule has 2 aromatic heterocycles. The predicted octanol–water partition coefficient (Wildman–Crippen LogP) is 2.55. The Labute approximate surface area is 131 Å². The van der Waals surface area contributed by atoms with Gasteiger partial charge in [0.25, 0.3) is 5.91 Å². The molecule has 0 unspecified atom stereocenters. The molecule has 1 N–H and O–H groups in total. The van der Waals surface area contributed by atoms with Gasteiger partial charge in [-0.3, -0.25) is 9.59 Å². The second-order valence-corrected chi connectivity index (χ2v) is 6.57. The molecule has 7 heteroatoms. The summed E-state index contributed by atoms with van der Waals surface area (Å²) in [5, 5.41) is 5.43. The first-order chi connectivity index (χ1) is 10.1. The number of aryl methyl sites for hydroxylation is 2. The molecule has 0 aliphatic heterocycles. The van der Waals surface area contributed by atoms with Crippen molar-refractivity contribution in [1.29, 1.82) is 0 Å². The average molecular weight is 324 g/mol. The van der Waals surface area contributed by atoms with Crippen LogP contribution in [0.5, 0.6) is 0 Å². The molecule has 0 saturated carbocycles. The van der Waals surface area contributed by atoms with E-state index >= 15 is 0 Å². The lowest BCUT2D eigenvalue weighted by atomic mass is 10.4. The Hall–Kier alpha value is -1.73. The van der Waals surface area contributed by atoms with Gasteiger partial charge in [-0.05, 0) is 25.5 Å². The van der Waals surface area contributed by atoms with E-state index in [4.69, 9.17) is 4.74 Å². The van der Waals surface area contributed by atoms with Gasteiger partial charge in [0.1, 0.15) is 13.2 Å². The summed E-state index contributed by atoms with van der Waals surface area (Å²) in [5.74, 6) is -0.727. The van der Waals surface area contributed by atoms with Crippen LogP contribution in [0.2, 0.25) is 0 Å². The molecule has 1 amide bonds. The number of carbonyl (C=O) groups is 2. The molecule has 0 spiro atoms. The summed E-state index contributed by atoms with van der Waals surface area (Å²) in [7, 11) is 0. The molecule has 0 fully saturated rings. The lowest BCUT2D eigenvalue weighted by molar-refractivity contribution is -0.143. The SMILES string of the molecule is CCc1nc(COC(=O)CNC(=O)c2ccc(C)s2)cs1. The van der Waals surface area contributed by atoms with Gasteiger partial charge in [-0.25, -0.2) is 4.98 Å². The molecule has 0 radical (unpaired) electrons. The maximum absolute atomic E-state index is 11.8. The summed E-state index contributed by atoms with van der Waals surface area (Å²) in [4.78, 5) is 29.3. The van der Waals surface area contributed by atoms with Crippen LogP contribution < -0.4 is 5.32 Å². The zero-order chi connectivity index (χ0) is 15.2. The fraction of sp³-hybridized carbons (Fsp3) is 0.357. The van der Waals surface area contributed by atoms with Crippen LogP contribution in [-0.4, -0.2) is 23.4 Å². The second-order valence-electron chi connectivity index (χ2n) is 4.34. The molecule has 0 aromatic carbocycles. The van der Waals surface area contributed by atoms with Crippen molar-refractivity contribution in [2.75, 3.05) is 6.54 Å². The largest absolute Gasteiger partial charge is 0.458 e. The highest BCUT2D eigenvalue weighted by Gasteiger charge is 2.11. The number of hydrogen-bond donors (Lipinski definition) is 1. The maximum atomic E-state index is 11.8. The monoisotopic (exact) mass is 324 g/mol. The Morgan fingerprint density at radius 1 is 1.38 bits per heavy atom.